The van der Waals surface area contributed by atoms with Crippen LogP contribution >= 0.6 is 11.6 Å². The van der Waals surface area contributed by atoms with Gasteiger partial charge in [-0.2, -0.15) is 4.57 Å². The van der Waals surface area contributed by atoms with Gasteiger partial charge in [0.1, 0.15) is 17.1 Å². The SMILES string of the molecule is Cc1c(Cl)cccc1-n1c(C)c(C)[n+]2c1N=C1C2C(=O)N(C)C(=O)N1C. The zero-order valence-corrected chi connectivity index (χ0v) is 16.0. The molecule has 1 atom stereocenters. The van der Waals surface area contributed by atoms with Gasteiger partial charge in [0, 0.05) is 24.7 Å². The molecular weight excluding hydrogens is 354 g/mol. The number of carbonyl (C=O) groups is 2. The van der Waals surface area contributed by atoms with Gasteiger partial charge in [0.15, 0.2) is 0 Å². The Kier molecular flexibility index (Phi) is 3.49. The molecule has 134 valence electrons. The summed E-state index contributed by atoms with van der Waals surface area (Å²) in [4.78, 5) is 32.3. The van der Waals surface area contributed by atoms with Crippen LogP contribution in [0.25, 0.3) is 5.69 Å². The fourth-order valence-corrected chi connectivity index (χ4v) is 3.81. The number of halogens is 1. The van der Waals surface area contributed by atoms with Crippen LogP contribution in [-0.4, -0.2) is 46.2 Å². The van der Waals surface area contributed by atoms with E-state index in [-0.39, 0.29) is 11.9 Å². The Morgan fingerprint density at radius 3 is 2.50 bits per heavy atom. The monoisotopic (exact) mass is 372 g/mol. The van der Waals surface area contributed by atoms with Crippen molar-refractivity contribution in [3.8, 4) is 5.69 Å². The van der Waals surface area contributed by atoms with E-state index in [1.807, 2.05) is 48.1 Å². The summed E-state index contributed by atoms with van der Waals surface area (Å²) in [5.41, 5.74) is 3.74. The van der Waals surface area contributed by atoms with E-state index in [0.29, 0.717) is 16.8 Å². The minimum absolute atomic E-state index is 0.279. The fraction of sp³-hybridized carbons (Fsp3) is 0.333. The number of rotatable bonds is 1. The number of hydrogen-bond acceptors (Lipinski definition) is 3. The number of aliphatic imine (C=N–C) groups is 1. The third-order valence-corrected chi connectivity index (χ3v) is 5.72. The zero-order valence-electron chi connectivity index (χ0n) is 15.2. The number of carbonyl (C=O) groups excluding carboxylic acids is 2. The number of aromatic nitrogens is 2. The van der Waals surface area contributed by atoms with Crippen LogP contribution in [-0.2, 0) is 4.79 Å². The predicted molar refractivity (Wildman–Crippen MR) is 97.2 cm³/mol. The van der Waals surface area contributed by atoms with Crippen molar-refractivity contribution in [3.05, 3.63) is 40.2 Å². The molecule has 4 rings (SSSR count). The molecule has 2 aromatic rings. The summed E-state index contributed by atoms with van der Waals surface area (Å²) in [7, 11) is 3.14. The van der Waals surface area contributed by atoms with Gasteiger partial charge in [-0.25, -0.2) is 9.36 Å². The number of imidazole rings is 1. The maximum Gasteiger partial charge on any atom is 0.407 e. The zero-order chi connectivity index (χ0) is 18.9. The number of hydrogen-bond donors (Lipinski definition) is 0. The minimum atomic E-state index is -0.628. The van der Waals surface area contributed by atoms with E-state index in [0.717, 1.165) is 27.5 Å². The standard InChI is InChI=1S/C18H19ClN5O2/c1-9-12(19)7-6-8-13(9)23-10(2)11(3)24-14-15(20-17(23)24)21(4)18(26)22(5)16(14)25/h6-8,14H,1-5H3/q+1. The van der Waals surface area contributed by atoms with Crippen molar-refractivity contribution in [3.63, 3.8) is 0 Å². The number of amidine groups is 1. The number of imide groups is 1. The molecule has 1 aromatic carbocycles. The third-order valence-electron chi connectivity index (χ3n) is 5.32. The Morgan fingerprint density at radius 1 is 1.12 bits per heavy atom. The van der Waals surface area contributed by atoms with Crippen LogP contribution in [0.2, 0.25) is 5.02 Å². The number of nitrogens with zero attached hydrogens (tertiary/aromatic N) is 5. The molecule has 0 bridgehead atoms. The third kappa shape index (κ3) is 1.94. The van der Waals surface area contributed by atoms with Crippen LogP contribution in [0.1, 0.15) is 23.0 Å². The van der Waals surface area contributed by atoms with E-state index in [1.54, 1.807) is 7.05 Å². The molecule has 1 unspecified atom stereocenters. The average Bonchev–Trinajstić information content (AvgIpc) is 3.11. The lowest BCUT2D eigenvalue weighted by molar-refractivity contribution is -0.682. The molecule has 7 nitrogen and oxygen atoms in total. The van der Waals surface area contributed by atoms with Crippen molar-refractivity contribution in [2.24, 2.45) is 4.99 Å². The average molecular weight is 373 g/mol. The lowest BCUT2D eigenvalue weighted by atomic mass is 10.1. The van der Waals surface area contributed by atoms with Crippen LogP contribution in [0.5, 0.6) is 0 Å². The first kappa shape index (κ1) is 16.8. The Balaban J connectivity index is 2.01. The number of urea groups is 1. The normalized spacial score (nSPS) is 19.0. The summed E-state index contributed by atoms with van der Waals surface area (Å²) in [6, 6.07) is 4.70. The van der Waals surface area contributed by atoms with Crippen molar-refractivity contribution >= 4 is 35.3 Å². The molecule has 3 amide bonds. The quantitative estimate of drug-likeness (QED) is 0.722. The lowest BCUT2D eigenvalue weighted by Crippen LogP contribution is -2.62. The van der Waals surface area contributed by atoms with Crippen LogP contribution in [0.4, 0.5) is 10.7 Å². The van der Waals surface area contributed by atoms with Crippen LogP contribution in [0, 0.1) is 20.8 Å². The molecule has 0 radical (unpaired) electrons. The molecule has 0 N–H and O–H groups in total. The van der Waals surface area contributed by atoms with Gasteiger partial charge in [0.05, 0.1) is 0 Å². The highest BCUT2D eigenvalue weighted by molar-refractivity contribution is 6.31. The van der Waals surface area contributed by atoms with Crippen molar-refractivity contribution < 1.29 is 14.2 Å². The number of benzene rings is 1. The molecule has 0 aliphatic carbocycles. The molecule has 8 heteroatoms. The Labute approximate surface area is 156 Å². The van der Waals surface area contributed by atoms with Crippen LogP contribution in [0.15, 0.2) is 23.2 Å². The highest BCUT2D eigenvalue weighted by Crippen LogP contribution is 2.34. The Bertz CT molecular complexity index is 1020. The maximum atomic E-state index is 12.8. The van der Waals surface area contributed by atoms with E-state index in [4.69, 9.17) is 11.6 Å². The molecule has 1 aromatic heterocycles. The molecule has 0 spiro atoms. The molecular formula is C18H19ClN5O2+. The first-order valence-electron chi connectivity index (χ1n) is 8.28. The highest BCUT2D eigenvalue weighted by atomic mass is 35.5. The number of fused-ring (bicyclic) bond motifs is 3. The molecule has 2 aliphatic rings. The molecule has 3 heterocycles. The minimum Gasteiger partial charge on any atom is -0.270 e. The predicted octanol–water partition coefficient (Wildman–Crippen LogP) is 2.45. The van der Waals surface area contributed by atoms with E-state index in [2.05, 4.69) is 4.99 Å². The van der Waals surface area contributed by atoms with Gasteiger partial charge >= 0.3 is 12.0 Å². The molecule has 0 saturated carbocycles. The second-order valence-electron chi connectivity index (χ2n) is 6.67. The van der Waals surface area contributed by atoms with Gasteiger partial charge < -0.3 is 0 Å². The Morgan fingerprint density at radius 2 is 1.81 bits per heavy atom. The largest absolute Gasteiger partial charge is 0.407 e. The maximum absolute atomic E-state index is 12.8. The first-order valence-corrected chi connectivity index (χ1v) is 8.66. The summed E-state index contributed by atoms with van der Waals surface area (Å²) < 4.78 is 3.89. The molecule has 2 aliphatic heterocycles. The summed E-state index contributed by atoms with van der Waals surface area (Å²) in [5, 5.41) is 0.665. The highest BCUT2D eigenvalue weighted by Gasteiger charge is 2.53. The molecule has 1 saturated heterocycles. The van der Waals surface area contributed by atoms with Crippen molar-refractivity contribution in [2.45, 2.75) is 26.8 Å². The van der Waals surface area contributed by atoms with Gasteiger partial charge in [0.2, 0.25) is 11.9 Å². The first-order chi connectivity index (χ1) is 12.3. The van der Waals surface area contributed by atoms with E-state index in [1.165, 1.54) is 11.9 Å². The summed E-state index contributed by atoms with van der Waals surface area (Å²) >= 11 is 6.31. The van der Waals surface area contributed by atoms with Crippen LogP contribution < -0.4 is 4.57 Å². The van der Waals surface area contributed by atoms with Crippen molar-refractivity contribution in [2.75, 3.05) is 14.1 Å². The summed E-state index contributed by atoms with van der Waals surface area (Å²) in [6.45, 7) is 5.90. The fourth-order valence-electron chi connectivity index (χ4n) is 3.64. The second-order valence-corrected chi connectivity index (χ2v) is 7.08. The number of amides is 3. The topological polar surface area (TPSA) is 61.8 Å². The van der Waals surface area contributed by atoms with Gasteiger partial charge in [-0.05, 0) is 32.9 Å². The molecule has 26 heavy (non-hydrogen) atoms. The van der Waals surface area contributed by atoms with Gasteiger partial charge in [-0.3, -0.25) is 14.6 Å². The van der Waals surface area contributed by atoms with Gasteiger partial charge in [-0.1, -0.05) is 22.7 Å². The summed E-state index contributed by atoms with van der Waals surface area (Å²) in [5.74, 6) is 0.789. The summed E-state index contributed by atoms with van der Waals surface area (Å²) in [6.07, 6.45) is 0. The van der Waals surface area contributed by atoms with E-state index in [9.17, 15) is 9.59 Å². The van der Waals surface area contributed by atoms with Crippen LogP contribution in [0.3, 0.4) is 0 Å². The van der Waals surface area contributed by atoms with Gasteiger partial charge in [-0.15, -0.1) is 0 Å². The van der Waals surface area contributed by atoms with Crippen molar-refractivity contribution in [1.82, 2.24) is 14.4 Å². The number of likely N-dealkylation sites (N-methyl/N-ethyl adjacent to an activating group) is 2. The van der Waals surface area contributed by atoms with E-state index >= 15 is 0 Å². The lowest BCUT2D eigenvalue weighted by Gasteiger charge is -2.30. The second kappa shape index (κ2) is 5.41. The smallest absolute Gasteiger partial charge is 0.270 e. The Hall–Kier alpha value is -2.67. The van der Waals surface area contributed by atoms with E-state index < -0.39 is 6.04 Å². The van der Waals surface area contributed by atoms with Crippen molar-refractivity contribution in [1.29, 1.82) is 0 Å². The molecule has 1 fully saturated rings. The van der Waals surface area contributed by atoms with Gasteiger partial charge in [0.25, 0.3) is 5.91 Å².